The smallest absolute Gasteiger partial charge is 0.210 e. The number of fused-ring (bicyclic) bond motifs is 1. The van der Waals surface area contributed by atoms with E-state index in [0.717, 1.165) is 55.9 Å². The molecule has 4 atom stereocenters. The van der Waals surface area contributed by atoms with Gasteiger partial charge in [-0.3, -0.25) is 0 Å². The molecule has 3 rings (SSSR count). The Labute approximate surface area is 181 Å². The molecule has 0 aromatic carbocycles. The third-order valence-electron chi connectivity index (χ3n) is 7.32. The van der Waals surface area contributed by atoms with Crippen LogP contribution in [0.15, 0.2) is 58.3 Å². The van der Waals surface area contributed by atoms with Crippen molar-refractivity contribution in [3.8, 4) is 0 Å². The number of halogens is 1. The summed E-state index contributed by atoms with van der Waals surface area (Å²) in [7, 11) is -3.76. The van der Waals surface area contributed by atoms with Crippen molar-refractivity contribution in [2.24, 2.45) is 17.3 Å². The van der Waals surface area contributed by atoms with Gasteiger partial charge in [0.05, 0.1) is 6.10 Å². The number of hydrogen-bond donors (Lipinski definition) is 1. The fraction of sp³-hybridized carbons (Fsp3) is 0.600. The lowest BCUT2D eigenvalue weighted by atomic mass is 9.62. The first kappa shape index (κ1) is 23.2. The molecular weight excluding hydrogens is 399 g/mol. The molecule has 0 amide bonds. The van der Waals surface area contributed by atoms with Crippen LogP contribution in [0.4, 0.5) is 4.39 Å². The lowest BCUT2D eigenvalue weighted by Gasteiger charge is -2.42. The zero-order valence-electron chi connectivity index (χ0n) is 18.5. The first-order valence-corrected chi connectivity index (χ1v) is 12.9. The minimum atomic E-state index is -3.76. The Hall–Kier alpha value is -1.46. The number of sulfone groups is 1. The van der Waals surface area contributed by atoms with Crippen LogP contribution in [0.2, 0.25) is 0 Å². The molecule has 0 aliphatic heterocycles. The molecule has 0 saturated heterocycles. The van der Waals surface area contributed by atoms with Gasteiger partial charge in [0.25, 0.3) is 0 Å². The average Bonchev–Trinajstić information content (AvgIpc) is 3.03. The van der Waals surface area contributed by atoms with Crippen LogP contribution in [0.5, 0.6) is 0 Å². The van der Waals surface area contributed by atoms with Crippen LogP contribution in [-0.4, -0.2) is 25.9 Å². The maximum absolute atomic E-state index is 13.8. The number of rotatable bonds is 5. The van der Waals surface area contributed by atoms with Gasteiger partial charge < -0.3 is 5.11 Å². The van der Waals surface area contributed by atoms with Crippen molar-refractivity contribution in [3.63, 3.8) is 0 Å². The maximum Gasteiger partial charge on any atom is 0.210 e. The molecule has 166 valence electrons. The topological polar surface area (TPSA) is 54.4 Å². The van der Waals surface area contributed by atoms with E-state index in [2.05, 4.69) is 38.7 Å². The van der Waals surface area contributed by atoms with Crippen molar-refractivity contribution < 1.29 is 17.9 Å². The van der Waals surface area contributed by atoms with Crippen molar-refractivity contribution >= 4 is 9.84 Å². The van der Waals surface area contributed by atoms with Crippen molar-refractivity contribution in [1.82, 2.24) is 0 Å². The Balaban J connectivity index is 1.77. The molecule has 5 heteroatoms. The summed E-state index contributed by atoms with van der Waals surface area (Å²) in [6.45, 7) is 8.54. The Morgan fingerprint density at radius 2 is 2.13 bits per heavy atom. The first-order chi connectivity index (χ1) is 14.0. The van der Waals surface area contributed by atoms with Crippen LogP contribution >= 0.6 is 0 Å². The van der Waals surface area contributed by atoms with E-state index in [0.29, 0.717) is 18.8 Å². The van der Waals surface area contributed by atoms with Crippen LogP contribution in [0.25, 0.3) is 0 Å². The zero-order valence-corrected chi connectivity index (χ0v) is 19.3. The molecule has 1 N–H and O–H groups in total. The molecule has 3 aliphatic carbocycles. The molecular formula is C25H35FO3S. The number of aliphatic hydroxyl groups is 1. The minimum Gasteiger partial charge on any atom is -0.393 e. The van der Waals surface area contributed by atoms with E-state index in [1.807, 2.05) is 0 Å². The Morgan fingerprint density at radius 1 is 1.40 bits per heavy atom. The molecule has 0 bridgehead atoms. The van der Waals surface area contributed by atoms with E-state index in [9.17, 15) is 17.9 Å². The van der Waals surface area contributed by atoms with Gasteiger partial charge >= 0.3 is 0 Å². The highest BCUT2D eigenvalue weighted by Gasteiger charge is 2.45. The van der Waals surface area contributed by atoms with Gasteiger partial charge in [-0.15, -0.1) is 0 Å². The summed E-state index contributed by atoms with van der Waals surface area (Å²) >= 11 is 0. The van der Waals surface area contributed by atoms with E-state index in [1.165, 1.54) is 17.2 Å². The van der Waals surface area contributed by atoms with Crippen molar-refractivity contribution in [2.75, 3.05) is 6.26 Å². The van der Waals surface area contributed by atoms with Gasteiger partial charge in [-0.2, -0.15) is 4.39 Å². The van der Waals surface area contributed by atoms with Gasteiger partial charge in [0.1, 0.15) is 0 Å². The van der Waals surface area contributed by atoms with Crippen LogP contribution in [0.1, 0.15) is 65.2 Å². The third-order valence-corrected chi connectivity index (χ3v) is 8.19. The highest BCUT2D eigenvalue weighted by atomic mass is 32.2. The molecule has 3 aliphatic rings. The summed E-state index contributed by atoms with van der Waals surface area (Å²) in [5.74, 6) is 0.546. The van der Waals surface area contributed by atoms with Crippen LogP contribution in [0.3, 0.4) is 0 Å². The van der Waals surface area contributed by atoms with Crippen LogP contribution in [-0.2, 0) is 9.84 Å². The molecule has 2 saturated carbocycles. The van der Waals surface area contributed by atoms with Gasteiger partial charge in [-0.05, 0) is 80.3 Å². The predicted octanol–water partition coefficient (Wildman–Crippen LogP) is 5.96. The van der Waals surface area contributed by atoms with Gasteiger partial charge in [0.15, 0.2) is 0 Å². The summed E-state index contributed by atoms with van der Waals surface area (Å²) in [4.78, 5) is 0. The van der Waals surface area contributed by atoms with E-state index in [4.69, 9.17) is 0 Å². The van der Waals surface area contributed by atoms with Crippen molar-refractivity contribution in [3.05, 3.63) is 58.3 Å². The first-order valence-electron chi connectivity index (χ1n) is 11.0. The summed E-state index contributed by atoms with van der Waals surface area (Å²) in [5, 5.41) is 8.95. The summed E-state index contributed by atoms with van der Waals surface area (Å²) in [6, 6.07) is 0. The van der Waals surface area contributed by atoms with Gasteiger partial charge in [0, 0.05) is 6.26 Å². The van der Waals surface area contributed by atoms with Gasteiger partial charge in [-0.25, -0.2) is 8.42 Å². The maximum atomic E-state index is 13.8. The second kappa shape index (κ2) is 8.96. The number of hydrogen-bond acceptors (Lipinski definition) is 3. The Kier molecular flexibility index (Phi) is 6.93. The largest absolute Gasteiger partial charge is 0.393 e. The zero-order chi connectivity index (χ0) is 22.1. The molecule has 0 spiro atoms. The summed E-state index contributed by atoms with van der Waals surface area (Å²) in [6.07, 6.45) is 15.6. The van der Waals surface area contributed by atoms with E-state index < -0.39 is 15.0 Å². The van der Waals surface area contributed by atoms with Gasteiger partial charge in [-0.1, -0.05) is 55.4 Å². The van der Waals surface area contributed by atoms with Crippen molar-refractivity contribution in [2.45, 2.75) is 71.3 Å². The molecule has 0 unspecified atom stereocenters. The molecule has 0 radical (unpaired) electrons. The Morgan fingerprint density at radius 3 is 2.83 bits per heavy atom. The van der Waals surface area contributed by atoms with Crippen LogP contribution < -0.4 is 0 Å². The molecule has 3 nitrogen and oxygen atoms in total. The monoisotopic (exact) mass is 434 g/mol. The van der Waals surface area contributed by atoms with Crippen LogP contribution in [0, 0.1) is 17.3 Å². The number of allylic oxidation sites excluding steroid dienone is 7. The molecule has 0 aromatic heterocycles. The van der Waals surface area contributed by atoms with E-state index in [-0.39, 0.29) is 17.4 Å². The quantitative estimate of drug-likeness (QED) is 0.543. The number of aliphatic hydroxyl groups excluding tert-OH is 1. The second-order valence-corrected chi connectivity index (χ2v) is 11.5. The SMILES string of the molecule is C=C1CC[C@H](O)C/C1=C/C=C1\CCC[C@]2(C)C([C@H](C)C/C=C(\F)S(C)(=O)=O)=CC[C@@H]12. The van der Waals surface area contributed by atoms with Gasteiger partial charge in [0.2, 0.25) is 15.0 Å². The normalized spacial score (nSPS) is 34.2. The predicted molar refractivity (Wildman–Crippen MR) is 121 cm³/mol. The lowest BCUT2D eigenvalue weighted by Crippen LogP contribution is -2.32. The minimum absolute atomic E-state index is 0.0422. The summed E-state index contributed by atoms with van der Waals surface area (Å²) < 4.78 is 36.5. The lowest BCUT2D eigenvalue weighted by molar-refractivity contribution is 0.158. The van der Waals surface area contributed by atoms with E-state index in [1.54, 1.807) is 0 Å². The summed E-state index contributed by atoms with van der Waals surface area (Å²) in [5.41, 5.74) is 5.12. The molecule has 0 aromatic rings. The highest BCUT2D eigenvalue weighted by Crippen LogP contribution is 2.57. The fourth-order valence-corrected chi connectivity index (χ4v) is 5.96. The fourth-order valence-electron chi connectivity index (χ4n) is 5.56. The molecule has 30 heavy (non-hydrogen) atoms. The third kappa shape index (κ3) is 4.88. The van der Waals surface area contributed by atoms with Crippen molar-refractivity contribution in [1.29, 1.82) is 0 Å². The second-order valence-electron chi connectivity index (χ2n) is 9.57. The van der Waals surface area contributed by atoms with E-state index >= 15 is 0 Å². The molecule has 0 heterocycles. The average molecular weight is 435 g/mol. The standard InChI is InChI=1S/C25H35FO3S/c1-17-7-11-21(27)16-20(17)10-9-19-6-5-15-25(3)22(12-13-23(19)25)18(2)8-14-24(26)30(4,28)29/h9-10,12,14,18,21,23,27H,1,5-8,11,13,15-16H2,2-4H3/b19-9+,20-10-,24-14+/t18-,21+,23+,25-/m1/s1. The highest BCUT2D eigenvalue weighted by molar-refractivity contribution is 7.94. The Bertz CT molecular complexity index is 922. The molecule has 2 fully saturated rings.